The van der Waals surface area contributed by atoms with Gasteiger partial charge in [0.05, 0.1) is 5.75 Å². The minimum atomic E-state index is -3.05. The van der Waals surface area contributed by atoms with Gasteiger partial charge in [0.25, 0.3) is 0 Å². The molecule has 0 unspecified atom stereocenters. The molecule has 5 heteroatoms. The first-order valence-electron chi connectivity index (χ1n) is 5.24. The first kappa shape index (κ1) is 11.9. The highest BCUT2D eigenvalue weighted by molar-refractivity contribution is 7.89. The molecule has 0 radical (unpaired) electrons. The van der Waals surface area contributed by atoms with Gasteiger partial charge >= 0.3 is 0 Å². The van der Waals surface area contributed by atoms with Crippen molar-refractivity contribution in [2.24, 2.45) is 5.92 Å². The predicted octanol–water partition coefficient (Wildman–Crippen LogP) is 0.314. The van der Waals surface area contributed by atoms with Gasteiger partial charge in [-0.2, -0.15) is 0 Å². The van der Waals surface area contributed by atoms with E-state index in [1.807, 2.05) is 6.92 Å². The lowest BCUT2D eigenvalue weighted by molar-refractivity contribution is 0.270. The summed E-state index contributed by atoms with van der Waals surface area (Å²) in [6, 6.07) is 0.191. The lowest BCUT2D eigenvalue weighted by atomic mass is 9.83. The van der Waals surface area contributed by atoms with Crippen molar-refractivity contribution in [2.75, 3.05) is 18.8 Å². The first-order chi connectivity index (χ1) is 6.53. The summed E-state index contributed by atoms with van der Waals surface area (Å²) < 4.78 is 25.6. The molecule has 1 aliphatic carbocycles. The van der Waals surface area contributed by atoms with E-state index in [0.29, 0.717) is 12.5 Å². The van der Waals surface area contributed by atoms with Crippen molar-refractivity contribution in [3.8, 4) is 0 Å². The number of rotatable bonds is 6. The fourth-order valence-corrected chi connectivity index (χ4v) is 2.93. The van der Waals surface area contributed by atoms with E-state index in [1.165, 1.54) is 0 Å². The molecule has 0 aromatic carbocycles. The third-order valence-electron chi connectivity index (χ3n) is 2.52. The highest BCUT2D eigenvalue weighted by atomic mass is 32.2. The standard InChI is InChI=1S/C9H20N2O2S/c1-3-10-4-5-14(12,13)11-9-6-8(2)7-9/h8-11H,3-7H2,1-2H3. The van der Waals surface area contributed by atoms with Gasteiger partial charge in [-0.3, -0.25) is 0 Å². The maximum Gasteiger partial charge on any atom is 0.213 e. The molecule has 0 saturated heterocycles. The van der Waals surface area contributed by atoms with Crippen LogP contribution in [0.3, 0.4) is 0 Å². The average Bonchev–Trinajstić information content (AvgIpc) is 2.01. The third-order valence-corrected chi connectivity index (χ3v) is 3.95. The van der Waals surface area contributed by atoms with Crippen molar-refractivity contribution in [3.05, 3.63) is 0 Å². The van der Waals surface area contributed by atoms with Gasteiger partial charge in [-0.25, -0.2) is 13.1 Å². The second kappa shape index (κ2) is 5.09. The Bertz CT molecular complexity index is 258. The van der Waals surface area contributed by atoms with E-state index in [1.54, 1.807) is 0 Å². The summed E-state index contributed by atoms with van der Waals surface area (Å²) in [6.07, 6.45) is 1.97. The molecule has 1 fully saturated rings. The third kappa shape index (κ3) is 3.94. The molecule has 4 nitrogen and oxygen atoms in total. The molecule has 1 saturated carbocycles. The van der Waals surface area contributed by atoms with E-state index in [-0.39, 0.29) is 11.8 Å². The Balaban J connectivity index is 2.21. The van der Waals surface area contributed by atoms with Gasteiger partial charge in [0.1, 0.15) is 0 Å². The van der Waals surface area contributed by atoms with Gasteiger partial charge < -0.3 is 5.32 Å². The van der Waals surface area contributed by atoms with Crippen molar-refractivity contribution in [3.63, 3.8) is 0 Å². The molecule has 0 aromatic rings. The summed E-state index contributed by atoms with van der Waals surface area (Å²) in [5.41, 5.74) is 0. The Hall–Kier alpha value is -0.130. The molecule has 84 valence electrons. The second-order valence-corrected chi connectivity index (χ2v) is 5.94. The van der Waals surface area contributed by atoms with Crippen LogP contribution in [-0.4, -0.2) is 33.3 Å². The molecule has 2 N–H and O–H groups in total. The summed E-state index contributed by atoms with van der Waals surface area (Å²) in [5, 5.41) is 3.00. The number of sulfonamides is 1. The number of nitrogens with one attached hydrogen (secondary N) is 2. The van der Waals surface area contributed by atoms with Crippen LogP contribution in [0.5, 0.6) is 0 Å². The topological polar surface area (TPSA) is 58.2 Å². The summed E-state index contributed by atoms with van der Waals surface area (Å²) in [4.78, 5) is 0. The Morgan fingerprint density at radius 1 is 1.36 bits per heavy atom. The normalized spacial score (nSPS) is 27.3. The summed E-state index contributed by atoms with van der Waals surface area (Å²) in [5.74, 6) is 0.864. The first-order valence-corrected chi connectivity index (χ1v) is 6.89. The summed E-state index contributed by atoms with van der Waals surface area (Å²) >= 11 is 0. The molecule has 0 aromatic heterocycles. The maximum atomic E-state index is 11.5. The highest BCUT2D eigenvalue weighted by Crippen LogP contribution is 2.26. The van der Waals surface area contributed by atoms with E-state index in [4.69, 9.17) is 0 Å². The Morgan fingerprint density at radius 3 is 2.50 bits per heavy atom. The van der Waals surface area contributed by atoms with Crippen LogP contribution in [0.1, 0.15) is 26.7 Å². The molecule has 0 bridgehead atoms. The molecule has 0 aliphatic heterocycles. The van der Waals surface area contributed by atoms with Crippen molar-refractivity contribution in [2.45, 2.75) is 32.7 Å². The molecule has 1 rings (SSSR count). The van der Waals surface area contributed by atoms with Crippen LogP contribution in [0, 0.1) is 5.92 Å². The number of hydrogen-bond acceptors (Lipinski definition) is 3. The lowest BCUT2D eigenvalue weighted by Crippen LogP contribution is -2.45. The highest BCUT2D eigenvalue weighted by Gasteiger charge is 2.28. The zero-order chi connectivity index (χ0) is 10.6. The van der Waals surface area contributed by atoms with E-state index in [0.717, 1.165) is 19.4 Å². The fourth-order valence-electron chi connectivity index (χ4n) is 1.69. The Morgan fingerprint density at radius 2 is 2.00 bits per heavy atom. The van der Waals surface area contributed by atoms with Crippen LogP contribution < -0.4 is 10.0 Å². The zero-order valence-corrected chi connectivity index (χ0v) is 9.73. The van der Waals surface area contributed by atoms with E-state index in [2.05, 4.69) is 17.0 Å². The van der Waals surface area contributed by atoms with E-state index in [9.17, 15) is 8.42 Å². The molecular weight excluding hydrogens is 200 g/mol. The zero-order valence-electron chi connectivity index (χ0n) is 8.91. The van der Waals surface area contributed by atoms with Gasteiger partial charge in [0, 0.05) is 12.6 Å². The fraction of sp³-hybridized carbons (Fsp3) is 1.00. The predicted molar refractivity (Wildman–Crippen MR) is 57.7 cm³/mol. The Kier molecular flexibility index (Phi) is 4.34. The van der Waals surface area contributed by atoms with Crippen LogP contribution in [0.15, 0.2) is 0 Å². The van der Waals surface area contributed by atoms with Crippen molar-refractivity contribution >= 4 is 10.0 Å². The van der Waals surface area contributed by atoms with Gasteiger partial charge in [0.15, 0.2) is 0 Å². The van der Waals surface area contributed by atoms with Crippen LogP contribution >= 0.6 is 0 Å². The summed E-state index contributed by atoms with van der Waals surface area (Å²) in [6.45, 7) is 5.46. The molecule has 0 amide bonds. The monoisotopic (exact) mass is 220 g/mol. The van der Waals surface area contributed by atoms with Gasteiger partial charge in [-0.1, -0.05) is 13.8 Å². The Labute approximate surface area is 86.5 Å². The molecule has 14 heavy (non-hydrogen) atoms. The van der Waals surface area contributed by atoms with Crippen LogP contribution in [0.25, 0.3) is 0 Å². The van der Waals surface area contributed by atoms with Crippen molar-refractivity contribution < 1.29 is 8.42 Å². The number of hydrogen-bond donors (Lipinski definition) is 2. The molecule has 0 heterocycles. The average molecular weight is 220 g/mol. The molecule has 0 atom stereocenters. The van der Waals surface area contributed by atoms with Crippen LogP contribution in [0.4, 0.5) is 0 Å². The molecule has 0 spiro atoms. The minimum Gasteiger partial charge on any atom is -0.316 e. The minimum absolute atomic E-state index is 0.186. The molecule has 1 aliphatic rings. The van der Waals surface area contributed by atoms with Gasteiger partial charge in [-0.15, -0.1) is 0 Å². The van der Waals surface area contributed by atoms with Crippen LogP contribution in [0.2, 0.25) is 0 Å². The quantitative estimate of drug-likeness (QED) is 0.634. The van der Waals surface area contributed by atoms with Gasteiger partial charge in [0.2, 0.25) is 10.0 Å². The molecular formula is C9H20N2O2S. The van der Waals surface area contributed by atoms with Crippen molar-refractivity contribution in [1.82, 2.24) is 10.0 Å². The largest absolute Gasteiger partial charge is 0.316 e. The maximum absolute atomic E-state index is 11.5. The second-order valence-electron chi connectivity index (χ2n) is 4.06. The van der Waals surface area contributed by atoms with Crippen molar-refractivity contribution in [1.29, 1.82) is 0 Å². The van der Waals surface area contributed by atoms with E-state index < -0.39 is 10.0 Å². The smallest absolute Gasteiger partial charge is 0.213 e. The van der Waals surface area contributed by atoms with Crippen LogP contribution in [-0.2, 0) is 10.0 Å². The lowest BCUT2D eigenvalue weighted by Gasteiger charge is -2.32. The SMILES string of the molecule is CCNCCS(=O)(=O)NC1CC(C)C1. The van der Waals surface area contributed by atoms with E-state index >= 15 is 0 Å². The summed E-state index contributed by atoms with van der Waals surface area (Å²) in [7, 11) is -3.05. The van der Waals surface area contributed by atoms with Gasteiger partial charge in [-0.05, 0) is 25.3 Å².